The molecule has 1 aromatic heterocycles. The summed E-state index contributed by atoms with van der Waals surface area (Å²) in [4.78, 5) is 12.5. The van der Waals surface area contributed by atoms with E-state index < -0.39 is 0 Å². The Hall–Kier alpha value is -1.36. The van der Waals surface area contributed by atoms with Crippen molar-refractivity contribution in [2.45, 2.75) is 46.1 Å². The lowest BCUT2D eigenvalue weighted by Gasteiger charge is -2.36. The first-order valence-corrected chi connectivity index (χ1v) is 7.16. The van der Waals surface area contributed by atoms with Gasteiger partial charge in [0.25, 0.3) is 0 Å². The average Bonchev–Trinajstić information content (AvgIpc) is 2.83. The van der Waals surface area contributed by atoms with Gasteiger partial charge in [-0.3, -0.25) is 9.89 Å². The van der Waals surface area contributed by atoms with E-state index in [4.69, 9.17) is 0 Å². The molecule has 19 heavy (non-hydrogen) atoms. The number of aryl methyl sites for hydroxylation is 1. The number of hydrogen-bond acceptors (Lipinski definition) is 3. The second-order valence-electron chi connectivity index (χ2n) is 5.48. The first kappa shape index (κ1) is 14.1. The quantitative estimate of drug-likeness (QED) is 0.755. The first-order valence-electron chi connectivity index (χ1n) is 7.16. The third kappa shape index (κ3) is 3.15. The lowest BCUT2D eigenvalue weighted by atomic mass is 9.74. The van der Waals surface area contributed by atoms with Crippen molar-refractivity contribution in [3.63, 3.8) is 0 Å². The van der Waals surface area contributed by atoms with Crippen molar-refractivity contribution >= 4 is 5.91 Å². The number of nitrogens with zero attached hydrogens (tertiary/aromatic N) is 1. The largest absolute Gasteiger partial charge is 0.351 e. The van der Waals surface area contributed by atoms with E-state index in [1.165, 1.54) is 0 Å². The molecule has 0 saturated carbocycles. The van der Waals surface area contributed by atoms with Gasteiger partial charge in [-0.2, -0.15) is 5.10 Å². The molecule has 0 atom stereocenters. The highest BCUT2D eigenvalue weighted by atomic mass is 16.2. The number of amides is 1. The van der Waals surface area contributed by atoms with Crippen LogP contribution in [-0.2, 0) is 11.3 Å². The van der Waals surface area contributed by atoms with Gasteiger partial charge in [0.05, 0.1) is 11.6 Å². The Kier molecular flexibility index (Phi) is 4.58. The van der Waals surface area contributed by atoms with Crippen LogP contribution in [0.2, 0.25) is 0 Å². The van der Waals surface area contributed by atoms with Crippen LogP contribution in [0.1, 0.15) is 43.9 Å². The van der Waals surface area contributed by atoms with Gasteiger partial charge in [0, 0.05) is 17.8 Å². The number of H-pyrrole nitrogens is 1. The standard InChI is InChI=1S/C14H24N4O/c1-3-4-14(5-7-15-8-6-14)13(19)16-9-12-10-17-18-11(12)2/h10,15H,3-9H2,1-2H3,(H,16,19)(H,17,18). The van der Waals surface area contributed by atoms with Crippen molar-refractivity contribution in [3.8, 4) is 0 Å². The first-order chi connectivity index (χ1) is 9.18. The van der Waals surface area contributed by atoms with Gasteiger partial charge in [0.2, 0.25) is 5.91 Å². The lowest BCUT2D eigenvalue weighted by Crippen LogP contribution is -2.47. The van der Waals surface area contributed by atoms with E-state index in [9.17, 15) is 4.79 Å². The van der Waals surface area contributed by atoms with Gasteiger partial charge in [-0.1, -0.05) is 13.3 Å². The molecule has 0 bridgehead atoms. The van der Waals surface area contributed by atoms with E-state index in [2.05, 4.69) is 27.8 Å². The molecule has 5 heteroatoms. The number of piperidine rings is 1. The van der Waals surface area contributed by atoms with E-state index in [0.29, 0.717) is 6.54 Å². The summed E-state index contributed by atoms with van der Waals surface area (Å²) >= 11 is 0. The third-order valence-corrected chi connectivity index (χ3v) is 4.14. The van der Waals surface area contributed by atoms with E-state index in [1.54, 1.807) is 6.20 Å². The normalized spacial score (nSPS) is 18.2. The zero-order valence-electron chi connectivity index (χ0n) is 11.9. The zero-order chi connectivity index (χ0) is 13.7. The molecule has 106 valence electrons. The molecule has 0 spiro atoms. The summed E-state index contributed by atoms with van der Waals surface area (Å²) in [6.07, 6.45) is 5.70. The van der Waals surface area contributed by atoms with Crippen LogP contribution in [0.15, 0.2) is 6.20 Å². The van der Waals surface area contributed by atoms with Gasteiger partial charge in [0.1, 0.15) is 0 Å². The number of rotatable bonds is 5. The minimum absolute atomic E-state index is 0.169. The fourth-order valence-electron chi connectivity index (χ4n) is 2.89. The summed E-state index contributed by atoms with van der Waals surface area (Å²) in [6, 6.07) is 0. The Morgan fingerprint density at radius 2 is 2.21 bits per heavy atom. The maximum atomic E-state index is 12.5. The molecule has 1 aromatic rings. The maximum Gasteiger partial charge on any atom is 0.226 e. The van der Waals surface area contributed by atoms with Crippen LogP contribution in [0, 0.1) is 12.3 Å². The summed E-state index contributed by atoms with van der Waals surface area (Å²) in [6.45, 7) is 6.58. The fraction of sp³-hybridized carbons (Fsp3) is 0.714. The van der Waals surface area contributed by atoms with Gasteiger partial charge in [-0.25, -0.2) is 0 Å². The Labute approximate surface area is 114 Å². The maximum absolute atomic E-state index is 12.5. The topological polar surface area (TPSA) is 69.8 Å². The Morgan fingerprint density at radius 1 is 1.47 bits per heavy atom. The highest BCUT2D eigenvalue weighted by Gasteiger charge is 2.38. The number of carbonyl (C=O) groups is 1. The summed E-state index contributed by atoms with van der Waals surface area (Å²) in [7, 11) is 0. The minimum atomic E-state index is -0.169. The zero-order valence-corrected chi connectivity index (χ0v) is 11.9. The number of hydrogen-bond donors (Lipinski definition) is 3. The SMILES string of the molecule is CCCC1(C(=O)NCc2cn[nH]c2C)CCNCC1. The number of aromatic nitrogens is 2. The van der Waals surface area contributed by atoms with Crippen molar-refractivity contribution in [1.29, 1.82) is 0 Å². The Bertz CT molecular complexity index is 415. The van der Waals surface area contributed by atoms with Crippen LogP contribution in [0.3, 0.4) is 0 Å². The Balaban J connectivity index is 1.97. The second kappa shape index (κ2) is 6.19. The van der Waals surface area contributed by atoms with E-state index in [-0.39, 0.29) is 11.3 Å². The molecule has 1 saturated heterocycles. The lowest BCUT2D eigenvalue weighted by molar-refractivity contribution is -0.133. The van der Waals surface area contributed by atoms with Gasteiger partial charge in [-0.15, -0.1) is 0 Å². The third-order valence-electron chi connectivity index (χ3n) is 4.14. The van der Waals surface area contributed by atoms with Crippen LogP contribution < -0.4 is 10.6 Å². The fourth-order valence-corrected chi connectivity index (χ4v) is 2.89. The minimum Gasteiger partial charge on any atom is -0.351 e. The average molecular weight is 264 g/mol. The van der Waals surface area contributed by atoms with Gasteiger partial charge in [0.15, 0.2) is 0 Å². The molecule has 0 radical (unpaired) electrons. The number of nitrogens with one attached hydrogen (secondary N) is 3. The van der Waals surface area contributed by atoms with Gasteiger partial charge >= 0.3 is 0 Å². The summed E-state index contributed by atoms with van der Waals surface area (Å²) < 4.78 is 0. The van der Waals surface area contributed by atoms with E-state index >= 15 is 0 Å². The molecule has 3 N–H and O–H groups in total. The van der Waals surface area contributed by atoms with Crippen LogP contribution in [0.4, 0.5) is 0 Å². The highest BCUT2D eigenvalue weighted by molar-refractivity contribution is 5.82. The molecular weight excluding hydrogens is 240 g/mol. The monoisotopic (exact) mass is 264 g/mol. The molecule has 5 nitrogen and oxygen atoms in total. The molecule has 0 aliphatic carbocycles. The van der Waals surface area contributed by atoms with Crippen LogP contribution in [-0.4, -0.2) is 29.2 Å². The smallest absolute Gasteiger partial charge is 0.226 e. The summed E-state index contributed by atoms with van der Waals surface area (Å²) in [5.41, 5.74) is 1.92. The van der Waals surface area contributed by atoms with Crippen LogP contribution >= 0.6 is 0 Å². The molecule has 1 amide bonds. The predicted octanol–water partition coefficient (Wildman–Crippen LogP) is 1.50. The highest BCUT2D eigenvalue weighted by Crippen LogP contribution is 2.34. The predicted molar refractivity (Wildman–Crippen MR) is 74.6 cm³/mol. The number of aromatic amines is 1. The molecule has 1 fully saturated rings. The van der Waals surface area contributed by atoms with Crippen molar-refractivity contribution in [3.05, 3.63) is 17.5 Å². The molecule has 1 aliphatic heterocycles. The van der Waals surface area contributed by atoms with E-state index in [0.717, 1.165) is 50.0 Å². The Morgan fingerprint density at radius 3 is 2.79 bits per heavy atom. The second-order valence-corrected chi connectivity index (χ2v) is 5.48. The molecule has 2 rings (SSSR count). The van der Waals surface area contributed by atoms with Crippen LogP contribution in [0.25, 0.3) is 0 Å². The summed E-state index contributed by atoms with van der Waals surface area (Å²) in [5.74, 6) is 0.205. The summed E-state index contributed by atoms with van der Waals surface area (Å²) in [5, 5.41) is 13.3. The van der Waals surface area contributed by atoms with Crippen LogP contribution in [0.5, 0.6) is 0 Å². The van der Waals surface area contributed by atoms with E-state index in [1.807, 2.05) is 6.92 Å². The molecule has 1 aliphatic rings. The van der Waals surface area contributed by atoms with Crippen molar-refractivity contribution in [2.75, 3.05) is 13.1 Å². The molecule has 2 heterocycles. The number of carbonyl (C=O) groups excluding carboxylic acids is 1. The molecule has 0 aromatic carbocycles. The molecule has 0 unspecified atom stereocenters. The molecular formula is C14H24N4O. The van der Waals surface area contributed by atoms with Crippen molar-refractivity contribution in [2.24, 2.45) is 5.41 Å². The van der Waals surface area contributed by atoms with Gasteiger partial charge < -0.3 is 10.6 Å². The van der Waals surface area contributed by atoms with Crippen molar-refractivity contribution < 1.29 is 4.79 Å². The van der Waals surface area contributed by atoms with Gasteiger partial charge in [-0.05, 0) is 39.3 Å². The van der Waals surface area contributed by atoms with Crippen molar-refractivity contribution in [1.82, 2.24) is 20.8 Å².